The molecule has 1 aliphatic heterocycles. The summed E-state index contributed by atoms with van der Waals surface area (Å²) in [5.41, 5.74) is 2.22. The molecule has 1 aliphatic rings. The van der Waals surface area contributed by atoms with Crippen LogP contribution in [0.5, 0.6) is 5.75 Å². The van der Waals surface area contributed by atoms with E-state index in [9.17, 15) is 9.59 Å². The number of aromatic nitrogens is 2. The van der Waals surface area contributed by atoms with Crippen LogP contribution in [0.2, 0.25) is 0 Å². The molecule has 0 bridgehead atoms. The van der Waals surface area contributed by atoms with E-state index in [1.807, 2.05) is 43.3 Å². The summed E-state index contributed by atoms with van der Waals surface area (Å²) in [5, 5.41) is 9.40. The van der Waals surface area contributed by atoms with E-state index >= 15 is 4.39 Å². The first kappa shape index (κ1) is 27.1. The summed E-state index contributed by atoms with van der Waals surface area (Å²) in [6, 6.07) is 9.60. The van der Waals surface area contributed by atoms with Gasteiger partial charge in [-0.05, 0) is 52.1 Å². The van der Waals surface area contributed by atoms with Gasteiger partial charge in [-0.2, -0.15) is 5.10 Å². The second-order valence-corrected chi connectivity index (χ2v) is 10.6. The predicted molar refractivity (Wildman–Crippen MR) is 142 cm³/mol. The molecule has 4 rings (SSSR count). The molecule has 202 valence electrons. The van der Waals surface area contributed by atoms with E-state index < -0.39 is 29.5 Å². The fourth-order valence-electron chi connectivity index (χ4n) is 4.21. The molecule has 38 heavy (non-hydrogen) atoms. The number of rotatable bonds is 7. The molecule has 2 N–H and O–H groups in total. The summed E-state index contributed by atoms with van der Waals surface area (Å²) in [6.45, 7) is 6.51. The number of benzene rings is 2. The molecule has 2 aromatic carbocycles. The lowest BCUT2D eigenvalue weighted by atomic mass is 9.93. The van der Waals surface area contributed by atoms with Crippen molar-refractivity contribution in [1.82, 2.24) is 20.0 Å². The number of carbonyl (C=O) groups excluding carboxylic acids is 2. The van der Waals surface area contributed by atoms with Gasteiger partial charge in [0, 0.05) is 36.4 Å². The molecular weight excluding hydrogens is 489 g/mol. The molecular formula is C28H34FN5O4. The van der Waals surface area contributed by atoms with Gasteiger partial charge < -0.3 is 19.7 Å². The Labute approximate surface area is 221 Å². The van der Waals surface area contributed by atoms with Gasteiger partial charge in [0.2, 0.25) is 5.91 Å². The molecule has 10 heteroatoms. The van der Waals surface area contributed by atoms with Crippen LogP contribution in [-0.2, 0) is 22.5 Å². The highest BCUT2D eigenvalue weighted by Gasteiger charge is 2.37. The zero-order valence-electron chi connectivity index (χ0n) is 22.4. The minimum absolute atomic E-state index is 0.182. The minimum Gasteiger partial charge on any atom is -0.490 e. The summed E-state index contributed by atoms with van der Waals surface area (Å²) in [5.74, 6) is -0.684. The minimum atomic E-state index is -0.856. The maximum atomic E-state index is 15.2. The molecule has 3 aromatic rings. The van der Waals surface area contributed by atoms with Crippen molar-refractivity contribution < 1.29 is 23.5 Å². The van der Waals surface area contributed by atoms with Crippen molar-refractivity contribution in [2.45, 2.75) is 45.4 Å². The maximum Gasteiger partial charge on any atom is 0.411 e. The SMILES string of the molecule is CN(C)CCOc1cc(-c2cn[nH]c2)c(F)cc1NC(=O)[C@H]1Cc2ccccc2CN1C(=O)OC(C)(C)C. The van der Waals surface area contributed by atoms with Gasteiger partial charge in [-0.3, -0.25) is 14.8 Å². The Morgan fingerprint density at radius 2 is 1.95 bits per heavy atom. The molecule has 0 radical (unpaired) electrons. The number of hydrogen-bond acceptors (Lipinski definition) is 6. The summed E-state index contributed by atoms with van der Waals surface area (Å²) in [7, 11) is 3.83. The van der Waals surface area contributed by atoms with Crippen LogP contribution >= 0.6 is 0 Å². The number of hydrogen-bond donors (Lipinski definition) is 2. The van der Waals surface area contributed by atoms with E-state index in [1.165, 1.54) is 17.2 Å². The fraction of sp³-hybridized carbons (Fsp3) is 0.393. The summed E-state index contributed by atoms with van der Waals surface area (Å²) >= 11 is 0. The Morgan fingerprint density at radius 3 is 2.61 bits per heavy atom. The van der Waals surface area contributed by atoms with Gasteiger partial charge in [-0.1, -0.05) is 24.3 Å². The van der Waals surface area contributed by atoms with Crippen molar-refractivity contribution >= 4 is 17.7 Å². The largest absolute Gasteiger partial charge is 0.490 e. The topological polar surface area (TPSA) is 99.8 Å². The van der Waals surface area contributed by atoms with Crippen LogP contribution in [0, 0.1) is 5.82 Å². The quantitative estimate of drug-likeness (QED) is 0.475. The predicted octanol–water partition coefficient (Wildman–Crippen LogP) is 4.46. The lowest BCUT2D eigenvalue weighted by Crippen LogP contribution is -2.52. The van der Waals surface area contributed by atoms with Crippen molar-refractivity contribution in [2.24, 2.45) is 0 Å². The van der Waals surface area contributed by atoms with Gasteiger partial charge in [0.15, 0.2) is 0 Å². The number of aromatic amines is 1. The third-order valence-electron chi connectivity index (χ3n) is 6.11. The number of nitrogens with one attached hydrogen (secondary N) is 2. The summed E-state index contributed by atoms with van der Waals surface area (Å²) in [4.78, 5) is 30.2. The molecule has 0 unspecified atom stereocenters. The molecule has 2 heterocycles. The maximum absolute atomic E-state index is 15.2. The Balaban J connectivity index is 1.64. The Bertz CT molecular complexity index is 1290. The number of nitrogens with zero attached hydrogens (tertiary/aromatic N) is 3. The van der Waals surface area contributed by atoms with Gasteiger partial charge in [0.25, 0.3) is 0 Å². The van der Waals surface area contributed by atoms with Crippen LogP contribution in [0.3, 0.4) is 0 Å². The third kappa shape index (κ3) is 6.49. The molecule has 1 atom stereocenters. The first-order valence-electron chi connectivity index (χ1n) is 12.5. The van der Waals surface area contributed by atoms with E-state index in [1.54, 1.807) is 33.0 Å². The normalized spacial score (nSPS) is 15.2. The standard InChI is InChI=1S/C28H34FN5O4/c1-28(2,3)38-27(36)34-17-19-9-7-6-8-18(19)12-24(34)26(35)32-23-14-22(29)21(20-15-30-31-16-20)13-25(23)37-11-10-33(4)5/h6-9,13-16,24H,10-12,17H2,1-5H3,(H,30,31)(H,32,35)/t24-/m1/s1. The van der Waals surface area contributed by atoms with E-state index in [4.69, 9.17) is 9.47 Å². The highest BCUT2D eigenvalue weighted by atomic mass is 19.1. The molecule has 0 fully saturated rings. The zero-order chi connectivity index (χ0) is 27.4. The van der Waals surface area contributed by atoms with Crippen molar-refractivity contribution in [3.63, 3.8) is 0 Å². The lowest BCUT2D eigenvalue weighted by molar-refractivity contribution is -0.121. The van der Waals surface area contributed by atoms with Crippen molar-refractivity contribution in [2.75, 3.05) is 32.6 Å². The molecule has 0 aliphatic carbocycles. The highest BCUT2D eigenvalue weighted by molar-refractivity contribution is 5.98. The number of likely N-dealkylation sites (N-methyl/N-ethyl adjacent to an activating group) is 1. The average molecular weight is 524 g/mol. The zero-order valence-corrected chi connectivity index (χ0v) is 22.4. The summed E-state index contributed by atoms with van der Waals surface area (Å²) in [6.07, 6.45) is 2.81. The second-order valence-electron chi connectivity index (χ2n) is 10.6. The van der Waals surface area contributed by atoms with Gasteiger partial charge in [-0.15, -0.1) is 0 Å². The number of ether oxygens (including phenoxy) is 2. The molecule has 0 saturated heterocycles. The van der Waals surface area contributed by atoms with Crippen LogP contribution in [0.15, 0.2) is 48.8 Å². The number of carbonyl (C=O) groups is 2. The van der Waals surface area contributed by atoms with E-state index in [-0.39, 0.29) is 12.2 Å². The Hall–Kier alpha value is -3.92. The van der Waals surface area contributed by atoms with Gasteiger partial charge in [0.1, 0.15) is 29.8 Å². The van der Waals surface area contributed by atoms with Gasteiger partial charge in [0.05, 0.1) is 18.4 Å². The van der Waals surface area contributed by atoms with E-state index in [0.717, 1.165) is 11.1 Å². The number of fused-ring (bicyclic) bond motifs is 1. The van der Waals surface area contributed by atoms with Crippen molar-refractivity contribution in [1.29, 1.82) is 0 Å². The Kier molecular flexibility index (Phi) is 8.01. The van der Waals surface area contributed by atoms with Crippen LogP contribution in [0.25, 0.3) is 11.1 Å². The fourth-order valence-corrected chi connectivity index (χ4v) is 4.21. The van der Waals surface area contributed by atoms with Crippen LogP contribution in [0.1, 0.15) is 31.9 Å². The monoisotopic (exact) mass is 523 g/mol. The Morgan fingerprint density at radius 1 is 1.21 bits per heavy atom. The number of H-pyrrole nitrogens is 1. The lowest BCUT2D eigenvalue weighted by Gasteiger charge is -2.37. The van der Waals surface area contributed by atoms with Crippen LogP contribution in [-0.4, -0.2) is 70.9 Å². The first-order valence-corrected chi connectivity index (χ1v) is 12.5. The average Bonchev–Trinajstić information content (AvgIpc) is 3.38. The molecule has 1 aromatic heterocycles. The molecule has 9 nitrogen and oxygen atoms in total. The molecule has 0 saturated carbocycles. The first-order chi connectivity index (χ1) is 18.0. The van der Waals surface area contributed by atoms with Crippen LogP contribution in [0.4, 0.5) is 14.9 Å². The molecule has 0 spiro atoms. The number of halogens is 1. The van der Waals surface area contributed by atoms with Crippen molar-refractivity contribution in [3.8, 4) is 16.9 Å². The number of anilines is 1. The van der Waals surface area contributed by atoms with Gasteiger partial charge >= 0.3 is 6.09 Å². The molecule has 2 amide bonds. The second kappa shape index (κ2) is 11.2. The van der Waals surface area contributed by atoms with E-state index in [0.29, 0.717) is 36.4 Å². The highest BCUT2D eigenvalue weighted by Crippen LogP contribution is 2.34. The van der Waals surface area contributed by atoms with Crippen LogP contribution < -0.4 is 10.1 Å². The van der Waals surface area contributed by atoms with Crippen molar-refractivity contribution in [3.05, 3.63) is 65.7 Å². The number of amides is 2. The third-order valence-corrected chi connectivity index (χ3v) is 6.11. The van der Waals surface area contributed by atoms with Gasteiger partial charge in [-0.25, -0.2) is 9.18 Å². The van der Waals surface area contributed by atoms with E-state index in [2.05, 4.69) is 15.5 Å². The summed E-state index contributed by atoms with van der Waals surface area (Å²) < 4.78 is 26.8. The smallest absolute Gasteiger partial charge is 0.411 e.